The van der Waals surface area contributed by atoms with Gasteiger partial charge in [-0.05, 0) is 61.6 Å². The van der Waals surface area contributed by atoms with Crippen molar-refractivity contribution in [1.29, 1.82) is 0 Å². The normalized spacial score (nSPS) is 28.5. The lowest BCUT2D eigenvalue weighted by atomic mass is 9.62. The van der Waals surface area contributed by atoms with E-state index in [2.05, 4.69) is 17.4 Å². The number of halogens is 1. The summed E-state index contributed by atoms with van der Waals surface area (Å²) in [4.78, 5) is 12.4. The molecule has 3 saturated carbocycles. The van der Waals surface area contributed by atoms with Gasteiger partial charge in [0.25, 0.3) is 0 Å². The minimum atomic E-state index is -0.158. The van der Waals surface area contributed by atoms with Crippen LogP contribution in [0.2, 0.25) is 0 Å². The van der Waals surface area contributed by atoms with Crippen LogP contribution in [-0.4, -0.2) is 26.1 Å². The summed E-state index contributed by atoms with van der Waals surface area (Å²) in [6.07, 6.45) is 7.77. The number of rotatable bonds is 6. The predicted octanol–water partition coefficient (Wildman–Crippen LogP) is 3.61. The van der Waals surface area contributed by atoms with Gasteiger partial charge in [0.15, 0.2) is 0 Å². The Bertz CT molecular complexity index is 661. The molecule has 3 aliphatic rings. The zero-order valence-electron chi connectivity index (χ0n) is 15.5. The van der Waals surface area contributed by atoms with Crippen molar-refractivity contribution in [3.63, 3.8) is 0 Å². The molecule has 0 aliphatic heterocycles. The number of hydrogen-bond acceptors (Lipinski definition) is 3. The predicted molar refractivity (Wildman–Crippen MR) is 101 cm³/mol. The van der Waals surface area contributed by atoms with Gasteiger partial charge in [0.1, 0.15) is 12.4 Å². The molecule has 0 aromatic heterocycles. The minimum absolute atomic E-state index is 0.158. The lowest BCUT2D eigenvalue weighted by Gasteiger charge is -2.42. The van der Waals surface area contributed by atoms with Gasteiger partial charge < -0.3 is 15.8 Å². The molecule has 2 bridgehead atoms. The van der Waals surface area contributed by atoms with Crippen LogP contribution in [0.4, 0.5) is 4.39 Å². The number of fused-ring (bicyclic) bond motifs is 4. The van der Waals surface area contributed by atoms with Gasteiger partial charge in [0, 0.05) is 24.6 Å². The topological polar surface area (TPSA) is 64.3 Å². The quantitative estimate of drug-likeness (QED) is 0.815. The average molecular weight is 360 g/mol. The van der Waals surface area contributed by atoms with Crippen LogP contribution in [0.1, 0.15) is 50.5 Å². The highest BCUT2D eigenvalue weighted by Crippen LogP contribution is 2.55. The second-order valence-corrected chi connectivity index (χ2v) is 7.78. The number of nitrogens with one attached hydrogen (secondary N) is 1. The highest BCUT2D eigenvalue weighted by molar-refractivity contribution is 5.82. The van der Waals surface area contributed by atoms with Crippen molar-refractivity contribution in [3.05, 3.63) is 41.7 Å². The summed E-state index contributed by atoms with van der Waals surface area (Å²) < 4.78 is 18.2. The molecule has 142 valence electrons. The molecule has 3 aliphatic carbocycles. The molecule has 1 aromatic rings. The molecule has 0 radical (unpaired) electrons. The van der Waals surface area contributed by atoms with E-state index < -0.39 is 0 Å². The van der Waals surface area contributed by atoms with Crippen LogP contribution in [0.3, 0.4) is 0 Å². The third-order valence-electron chi connectivity index (χ3n) is 6.49. The van der Waals surface area contributed by atoms with E-state index in [1.165, 1.54) is 5.56 Å². The fourth-order valence-electron chi connectivity index (χ4n) is 4.73. The van der Waals surface area contributed by atoms with Crippen LogP contribution in [-0.2, 0) is 10.2 Å². The van der Waals surface area contributed by atoms with Gasteiger partial charge in [-0.25, -0.2) is 4.39 Å². The third kappa shape index (κ3) is 3.50. The van der Waals surface area contributed by atoms with Gasteiger partial charge in [-0.15, -0.1) is 0 Å². The van der Waals surface area contributed by atoms with Gasteiger partial charge in [0.2, 0.25) is 5.91 Å². The van der Waals surface area contributed by atoms with Crippen molar-refractivity contribution >= 4 is 5.91 Å². The van der Waals surface area contributed by atoms with Crippen LogP contribution in [0.5, 0.6) is 5.75 Å². The Hall–Kier alpha value is -1.88. The summed E-state index contributed by atoms with van der Waals surface area (Å²) in [5.74, 6) is 0.940. The summed E-state index contributed by atoms with van der Waals surface area (Å²) >= 11 is 0. The molecule has 0 atom stereocenters. The molecule has 26 heavy (non-hydrogen) atoms. The van der Waals surface area contributed by atoms with Gasteiger partial charge in [-0.1, -0.05) is 18.6 Å². The summed E-state index contributed by atoms with van der Waals surface area (Å²) in [5, 5.41) is 2.88. The molecule has 4 rings (SSSR count). The fourth-order valence-corrected chi connectivity index (χ4v) is 4.73. The van der Waals surface area contributed by atoms with Gasteiger partial charge >= 0.3 is 0 Å². The molecule has 5 heteroatoms. The largest absolute Gasteiger partial charge is 0.489 e. The maximum absolute atomic E-state index is 12.6. The van der Waals surface area contributed by atoms with Crippen LogP contribution in [0, 0.1) is 5.41 Å². The smallest absolute Gasteiger partial charge is 0.225 e. The number of carbonyl (C=O) groups excluding carboxylic acids is 1. The second-order valence-electron chi connectivity index (χ2n) is 7.78. The molecular weight excluding hydrogens is 331 g/mol. The molecule has 1 aromatic carbocycles. The van der Waals surface area contributed by atoms with Crippen molar-refractivity contribution in [2.24, 2.45) is 11.1 Å². The molecule has 0 saturated heterocycles. The Morgan fingerprint density at radius 1 is 1.19 bits per heavy atom. The zero-order chi connectivity index (χ0) is 18.6. The first-order valence-electron chi connectivity index (χ1n) is 9.51. The monoisotopic (exact) mass is 360 g/mol. The van der Waals surface area contributed by atoms with Crippen molar-refractivity contribution in [3.8, 4) is 5.75 Å². The van der Waals surface area contributed by atoms with E-state index in [4.69, 9.17) is 10.5 Å². The van der Waals surface area contributed by atoms with E-state index in [9.17, 15) is 9.18 Å². The van der Waals surface area contributed by atoms with Gasteiger partial charge in [-0.2, -0.15) is 0 Å². The van der Waals surface area contributed by atoms with E-state index in [-0.39, 0.29) is 29.9 Å². The minimum Gasteiger partial charge on any atom is -0.489 e. The first-order chi connectivity index (χ1) is 12.6. The lowest BCUT2D eigenvalue weighted by Crippen LogP contribution is -2.43. The fraction of sp³-hybridized carbons (Fsp3) is 0.571. The maximum atomic E-state index is 12.6. The Balaban J connectivity index is 1.71. The van der Waals surface area contributed by atoms with E-state index in [0.29, 0.717) is 11.9 Å². The molecule has 0 heterocycles. The number of nitrogens with two attached hydrogens (primary N) is 1. The first-order valence-corrected chi connectivity index (χ1v) is 9.51. The van der Waals surface area contributed by atoms with Crippen LogP contribution < -0.4 is 15.8 Å². The van der Waals surface area contributed by atoms with E-state index >= 15 is 0 Å². The summed E-state index contributed by atoms with van der Waals surface area (Å²) in [6.45, 7) is 0.330. The Kier molecular flexibility index (Phi) is 5.66. The third-order valence-corrected chi connectivity index (χ3v) is 6.49. The second kappa shape index (κ2) is 7.78. The zero-order valence-corrected chi connectivity index (χ0v) is 15.5. The van der Waals surface area contributed by atoms with Crippen LogP contribution in [0.25, 0.3) is 0 Å². The SMILES string of the molecule is CNC(=O)C12CCCC(c3ccc(OC/C(=C/F)CN)cc3)(CC1)CC2. The van der Waals surface area contributed by atoms with Crippen molar-refractivity contribution in [2.75, 3.05) is 20.2 Å². The van der Waals surface area contributed by atoms with E-state index in [0.717, 1.165) is 50.7 Å². The highest BCUT2D eigenvalue weighted by atomic mass is 19.1. The molecule has 0 spiro atoms. The number of ether oxygens (including phenoxy) is 1. The number of amides is 1. The van der Waals surface area contributed by atoms with E-state index in [1.807, 2.05) is 12.1 Å². The first kappa shape index (κ1) is 18.9. The molecular formula is C21H29FN2O2. The lowest BCUT2D eigenvalue weighted by molar-refractivity contribution is -0.132. The number of carbonyl (C=O) groups is 1. The van der Waals surface area contributed by atoms with E-state index in [1.54, 1.807) is 7.05 Å². The average Bonchev–Trinajstić information content (AvgIpc) is 3.01. The van der Waals surface area contributed by atoms with Crippen molar-refractivity contribution < 1.29 is 13.9 Å². The molecule has 4 nitrogen and oxygen atoms in total. The van der Waals surface area contributed by atoms with Crippen molar-refractivity contribution in [1.82, 2.24) is 5.32 Å². The van der Waals surface area contributed by atoms with Crippen molar-refractivity contribution in [2.45, 2.75) is 50.4 Å². The Morgan fingerprint density at radius 3 is 2.46 bits per heavy atom. The Morgan fingerprint density at radius 2 is 1.88 bits per heavy atom. The molecule has 0 unspecified atom stereocenters. The van der Waals surface area contributed by atoms with Gasteiger partial charge in [0.05, 0.1) is 6.33 Å². The molecule has 3 N–H and O–H groups in total. The maximum Gasteiger partial charge on any atom is 0.225 e. The number of hydrogen-bond donors (Lipinski definition) is 2. The summed E-state index contributed by atoms with van der Waals surface area (Å²) in [5.41, 5.74) is 7.24. The molecule has 3 fully saturated rings. The number of benzene rings is 1. The highest BCUT2D eigenvalue weighted by Gasteiger charge is 2.49. The molecule has 1 amide bonds. The van der Waals surface area contributed by atoms with Crippen LogP contribution >= 0.6 is 0 Å². The van der Waals surface area contributed by atoms with Crippen LogP contribution in [0.15, 0.2) is 36.2 Å². The van der Waals surface area contributed by atoms with Gasteiger partial charge in [-0.3, -0.25) is 4.79 Å². The summed E-state index contributed by atoms with van der Waals surface area (Å²) in [6, 6.07) is 8.19. The Labute approximate surface area is 155 Å². The summed E-state index contributed by atoms with van der Waals surface area (Å²) in [7, 11) is 1.75. The standard InChI is InChI=1S/C21H29FN2O2/c1-24-19(25)21-8-2-7-20(9-11-21,10-12-21)17-3-5-18(6-4-17)26-15-16(13-22)14-23/h3-6,13H,2,7-12,14-15,23H2,1H3,(H,24,25)/b16-13+.